The lowest BCUT2D eigenvalue weighted by Gasteiger charge is -2.33. The van der Waals surface area contributed by atoms with E-state index in [2.05, 4.69) is 15.6 Å². The van der Waals surface area contributed by atoms with Crippen LogP contribution in [0.2, 0.25) is 0 Å². The van der Waals surface area contributed by atoms with E-state index < -0.39 is 24.9 Å². The van der Waals surface area contributed by atoms with E-state index in [1.807, 2.05) is 12.1 Å². The van der Waals surface area contributed by atoms with Crippen LogP contribution in [-0.4, -0.2) is 53.3 Å². The third kappa shape index (κ3) is 5.11. The van der Waals surface area contributed by atoms with Gasteiger partial charge < -0.3 is 10.2 Å². The average molecular weight is 389 g/mol. The molecule has 1 atom stereocenters. The number of hydrogen-bond donors (Lipinski definition) is 2. The normalized spacial score (nSPS) is 22.5. The third-order valence-corrected chi connectivity index (χ3v) is 4.77. The fraction of sp³-hybridized carbons (Fsp3) is 0.588. The van der Waals surface area contributed by atoms with E-state index in [9.17, 15) is 18.4 Å². The average Bonchev–Trinajstić information content (AvgIpc) is 3.00. The minimum absolute atomic E-state index is 0. The van der Waals surface area contributed by atoms with Crippen molar-refractivity contribution in [3.63, 3.8) is 0 Å². The van der Waals surface area contributed by atoms with Gasteiger partial charge >= 0.3 is 0 Å². The van der Waals surface area contributed by atoms with E-state index in [0.717, 1.165) is 5.56 Å². The van der Waals surface area contributed by atoms with Crippen LogP contribution in [0.25, 0.3) is 0 Å². The summed E-state index contributed by atoms with van der Waals surface area (Å²) in [5, 5.41) is 5.47. The van der Waals surface area contributed by atoms with Gasteiger partial charge in [0.2, 0.25) is 11.8 Å². The largest absolute Gasteiger partial charge is 0.352 e. The summed E-state index contributed by atoms with van der Waals surface area (Å²) in [4.78, 5) is 30.1. The first-order valence-electron chi connectivity index (χ1n) is 8.51. The Hall–Kier alpha value is -1.80. The van der Waals surface area contributed by atoms with Crippen LogP contribution in [-0.2, 0) is 16.1 Å². The van der Waals surface area contributed by atoms with Crippen molar-refractivity contribution in [1.82, 2.24) is 20.5 Å². The zero-order valence-electron chi connectivity index (χ0n) is 14.3. The van der Waals surface area contributed by atoms with E-state index in [1.165, 1.54) is 0 Å². The van der Waals surface area contributed by atoms with Crippen LogP contribution in [0.4, 0.5) is 8.78 Å². The van der Waals surface area contributed by atoms with Crippen molar-refractivity contribution in [3.8, 4) is 0 Å². The SMILES string of the molecule is Cl.O=C(NCc1cccnc1)C1CCN(C(=O)C2CC(F)(F)CN2)CC1. The number of rotatable bonds is 4. The number of carbonyl (C=O) groups excluding carboxylic acids is 2. The highest BCUT2D eigenvalue weighted by atomic mass is 35.5. The van der Waals surface area contributed by atoms with Crippen molar-refractivity contribution in [3.05, 3.63) is 30.1 Å². The molecule has 2 aliphatic rings. The highest BCUT2D eigenvalue weighted by molar-refractivity contribution is 5.85. The molecule has 3 rings (SSSR count). The molecule has 6 nitrogen and oxygen atoms in total. The Labute approximate surface area is 157 Å². The zero-order valence-corrected chi connectivity index (χ0v) is 15.1. The molecule has 0 aliphatic carbocycles. The van der Waals surface area contributed by atoms with Gasteiger partial charge in [-0.25, -0.2) is 8.78 Å². The maximum Gasteiger partial charge on any atom is 0.262 e. The Morgan fingerprint density at radius 1 is 1.35 bits per heavy atom. The molecule has 0 saturated carbocycles. The first-order valence-corrected chi connectivity index (χ1v) is 8.51. The summed E-state index contributed by atoms with van der Waals surface area (Å²) in [7, 11) is 0. The first kappa shape index (κ1) is 20.5. The molecule has 3 heterocycles. The fourth-order valence-corrected chi connectivity index (χ4v) is 3.31. The number of amides is 2. The molecule has 2 amide bonds. The van der Waals surface area contributed by atoms with Gasteiger partial charge in [-0.2, -0.15) is 0 Å². The number of pyridine rings is 1. The second-order valence-electron chi connectivity index (χ2n) is 6.67. The van der Waals surface area contributed by atoms with Crippen LogP contribution in [0.5, 0.6) is 0 Å². The maximum absolute atomic E-state index is 13.2. The minimum atomic E-state index is -2.81. The molecule has 0 spiro atoms. The molecule has 2 N–H and O–H groups in total. The molecule has 2 fully saturated rings. The number of nitrogens with zero attached hydrogens (tertiary/aromatic N) is 2. The molecule has 2 saturated heterocycles. The van der Waals surface area contributed by atoms with Crippen LogP contribution >= 0.6 is 12.4 Å². The topological polar surface area (TPSA) is 74.3 Å². The Bertz CT molecular complexity index is 624. The highest BCUT2D eigenvalue weighted by Crippen LogP contribution is 2.27. The summed E-state index contributed by atoms with van der Waals surface area (Å²) in [5.74, 6) is -3.29. The summed E-state index contributed by atoms with van der Waals surface area (Å²) in [6, 6.07) is 2.89. The maximum atomic E-state index is 13.2. The van der Waals surface area contributed by atoms with Gasteiger partial charge in [0.15, 0.2) is 0 Å². The van der Waals surface area contributed by atoms with Crippen LogP contribution in [0, 0.1) is 5.92 Å². The number of aromatic nitrogens is 1. The summed E-state index contributed by atoms with van der Waals surface area (Å²) in [5.41, 5.74) is 0.927. The Balaban J connectivity index is 0.00000243. The number of piperidine rings is 1. The molecule has 0 radical (unpaired) electrons. The lowest BCUT2D eigenvalue weighted by molar-refractivity contribution is -0.137. The summed E-state index contributed by atoms with van der Waals surface area (Å²) in [6.45, 7) is 0.824. The predicted octanol–water partition coefficient (Wildman–Crippen LogP) is 1.36. The molecule has 9 heteroatoms. The van der Waals surface area contributed by atoms with Gasteiger partial charge in [0.05, 0.1) is 12.6 Å². The van der Waals surface area contributed by atoms with Gasteiger partial charge in [-0.1, -0.05) is 6.07 Å². The Kier molecular flexibility index (Phi) is 6.88. The predicted molar refractivity (Wildman–Crippen MR) is 94.0 cm³/mol. The van der Waals surface area contributed by atoms with Crippen LogP contribution in [0.15, 0.2) is 24.5 Å². The van der Waals surface area contributed by atoms with Gasteiger partial charge in [0, 0.05) is 44.4 Å². The molecular formula is C17H23ClF2N4O2. The number of carbonyl (C=O) groups is 2. The summed E-state index contributed by atoms with van der Waals surface area (Å²) >= 11 is 0. The standard InChI is InChI=1S/C17H22F2N4O2.ClH/c18-17(19)8-14(22-11-17)16(25)23-6-3-13(4-7-23)15(24)21-10-12-2-1-5-20-9-12;/h1-2,5,9,13-14,22H,3-4,6-8,10-11H2,(H,21,24);1H. The van der Waals surface area contributed by atoms with E-state index in [4.69, 9.17) is 0 Å². The molecule has 2 aliphatic heterocycles. The van der Waals surface area contributed by atoms with Crippen LogP contribution in [0.3, 0.4) is 0 Å². The molecule has 0 bridgehead atoms. The van der Waals surface area contributed by atoms with Gasteiger partial charge in [0.25, 0.3) is 5.92 Å². The van der Waals surface area contributed by atoms with Crippen molar-refractivity contribution >= 4 is 24.2 Å². The quantitative estimate of drug-likeness (QED) is 0.816. The van der Waals surface area contributed by atoms with Crippen molar-refractivity contribution in [2.45, 2.75) is 37.8 Å². The smallest absolute Gasteiger partial charge is 0.262 e. The molecule has 1 aromatic rings. The molecule has 0 aromatic carbocycles. The van der Waals surface area contributed by atoms with Crippen LogP contribution < -0.4 is 10.6 Å². The lowest BCUT2D eigenvalue weighted by Crippen LogP contribution is -2.48. The van der Waals surface area contributed by atoms with Crippen molar-refractivity contribution in [2.24, 2.45) is 5.92 Å². The van der Waals surface area contributed by atoms with Gasteiger partial charge in [-0.15, -0.1) is 12.4 Å². The van der Waals surface area contributed by atoms with E-state index in [1.54, 1.807) is 17.3 Å². The van der Waals surface area contributed by atoms with Crippen LogP contribution in [0.1, 0.15) is 24.8 Å². The van der Waals surface area contributed by atoms with Crippen molar-refractivity contribution < 1.29 is 18.4 Å². The van der Waals surface area contributed by atoms with Gasteiger partial charge in [-0.05, 0) is 24.5 Å². The van der Waals surface area contributed by atoms with Crippen molar-refractivity contribution in [2.75, 3.05) is 19.6 Å². The molecule has 1 aromatic heterocycles. The summed E-state index contributed by atoms with van der Waals surface area (Å²) in [6.07, 6.45) is 4.03. The summed E-state index contributed by atoms with van der Waals surface area (Å²) < 4.78 is 26.4. The third-order valence-electron chi connectivity index (χ3n) is 4.77. The van der Waals surface area contributed by atoms with Gasteiger partial charge in [0.1, 0.15) is 0 Å². The van der Waals surface area contributed by atoms with Gasteiger partial charge in [-0.3, -0.25) is 19.9 Å². The molecule has 26 heavy (non-hydrogen) atoms. The second-order valence-corrected chi connectivity index (χ2v) is 6.67. The molecular weight excluding hydrogens is 366 g/mol. The number of likely N-dealkylation sites (tertiary alicyclic amines) is 1. The number of nitrogens with one attached hydrogen (secondary N) is 2. The number of alkyl halides is 2. The highest BCUT2D eigenvalue weighted by Gasteiger charge is 2.44. The fourth-order valence-electron chi connectivity index (χ4n) is 3.31. The first-order chi connectivity index (χ1) is 11.9. The Morgan fingerprint density at radius 3 is 2.65 bits per heavy atom. The number of halogens is 3. The molecule has 144 valence electrons. The number of hydrogen-bond acceptors (Lipinski definition) is 4. The zero-order chi connectivity index (χ0) is 17.9. The van der Waals surface area contributed by atoms with E-state index in [0.29, 0.717) is 32.5 Å². The minimum Gasteiger partial charge on any atom is -0.352 e. The second kappa shape index (κ2) is 8.73. The monoisotopic (exact) mass is 388 g/mol. The van der Waals surface area contributed by atoms with E-state index in [-0.39, 0.29) is 30.1 Å². The molecule has 1 unspecified atom stereocenters. The lowest BCUT2D eigenvalue weighted by atomic mass is 9.95. The van der Waals surface area contributed by atoms with E-state index >= 15 is 0 Å². The van der Waals surface area contributed by atoms with Crippen molar-refractivity contribution in [1.29, 1.82) is 0 Å². The Morgan fingerprint density at radius 2 is 2.08 bits per heavy atom.